The van der Waals surface area contributed by atoms with Crippen LogP contribution in [0.15, 0.2) is 36.4 Å². The maximum absolute atomic E-state index is 13.9. The molecule has 1 N–H and O–H groups in total. The molecule has 0 aliphatic heterocycles. The van der Waals surface area contributed by atoms with Gasteiger partial charge in [0.25, 0.3) is 0 Å². The maximum Gasteiger partial charge on any atom is 0.416 e. The van der Waals surface area contributed by atoms with E-state index in [2.05, 4.69) is 10.2 Å². The monoisotopic (exact) mass is 330 g/mol. The number of para-hydroxylation sites is 1. The van der Waals surface area contributed by atoms with Gasteiger partial charge in [0.1, 0.15) is 0 Å². The van der Waals surface area contributed by atoms with Crippen LogP contribution in [0.2, 0.25) is 5.02 Å². The number of ether oxygens (including phenoxy) is 1. The standard InChI is InChI=1S/C14H7ClF4N2O/c15-9-5-7(14(17,18)19)6-10(16)12(9)22-13-8-3-1-2-4-11(8)20-21-13/h1-6H,(H,20,21). The van der Waals surface area contributed by atoms with Gasteiger partial charge in [-0.25, -0.2) is 4.39 Å². The van der Waals surface area contributed by atoms with E-state index in [-0.39, 0.29) is 5.88 Å². The summed E-state index contributed by atoms with van der Waals surface area (Å²) < 4.78 is 56.9. The molecule has 2 aromatic carbocycles. The molecule has 114 valence electrons. The molecule has 0 unspecified atom stereocenters. The predicted octanol–water partition coefficient (Wildman–Crippen LogP) is 5.17. The van der Waals surface area contributed by atoms with Crippen molar-refractivity contribution >= 4 is 22.5 Å². The van der Waals surface area contributed by atoms with Crippen LogP contribution < -0.4 is 4.74 Å². The molecule has 1 aromatic heterocycles. The Hall–Kier alpha value is -2.28. The number of rotatable bonds is 2. The molecule has 0 bridgehead atoms. The van der Waals surface area contributed by atoms with Crippen LogP contribution in [0.4, 0.5) is 17.6 Å². The lowest BCUT2D eigenvalue weighted by Crippen LogP contribution is -2.06. The molecule has 0 saturated heterocycles. The van der Waals surface area contributed by atoms with Crippen molar-refractivity contribution in [3.8, 4) is 11.6 Å². The molecule has 3 aromatic rings. The third-order valence-corrected chi connectivity index (χ3v) is 3.24. The summed E-state index contributed by atoms with van der Waals surface area (Å²) in [5.74, 6) is -1.70. The normalized spacial score (nSPS) is 11.9. The van der Waals surface area contributed by atoms with Gasteiger partial charge in [-0.15, -0.1) is 5.10 Å². The second-order valence-corrected chi connectivity index (χ2v) is 4.85. The van der Waals surface area contributed by atoms with Gasteiger partial charge >= 0.3 is 6.18 Å². The van der Waals surface area contributed by atoms with Crippen molar-refractivity contribution in [1.82, 2.24) is 10.2 Å². The van der Waals surface area contributed by atoms with Crippen molar-refractivity contribution in [2.75, 3.05) is 0 Å². The Morgan fingerprint density at radius 3 is 2.55 bits per heavy atom. The lowest BCUT2D eigenvalue weighted by atomic mass is 10.2. The molecule has 0 fully saturated rings. The van der Waals surface area contributed by atoms with Gasteiger partial charge in [0.15, 0.2) is 11.6 Å². The van der Waals surface area contributed by atoms with E-state index >= 15 is 0 Å². The van der Waals surface area contributed by atoms with Gasteiger partial charge < -0.3 is 4.74 Å². The Morgan fingerprint density at radius 2 is 1.86 bits per heavy atom. The van der Waals surface area contributed by atoms with Crippen molar-refractivity contribution in [3.05, 3.63) is 52.8 Å². The van der Waals surface area contributed by atoms with Crippen molar-refractivity contribution < 1.29 is 22.3 Å². The molecule has 0 aliphatic carbocycles. The van der Waals surface area contributed by atoms with Gasteiger partial charge in [0.05, 0.1) is 21.5 Å². The summed E-state index contributed by atoms with van der Waals surface area (Å²) in [5.41, 5.74) is -0.546. The molecular formula is C14H7ClF4N2O. The molecule has 3 nitrogen and oxygen atoms in total. The number of hydrogen-bond donors (Lipinski definition) is 1. The number of alkyl halides is 3. The fourth-order valence-electron chi connectivity index (χ4n) is 1.93. The predicted molar refractivity (Wildman–Crippen MR) is 72.6 cm³/mol. The topological polar surface area (TPSA) is 37.9 Å². The van der Waals surface area contributed by atoms with E-state index in [4.69, 9.17) is 16.3 Å². The minimum Gasteiger partial charge on any atom is -0.432 e. The molecule has 3 rings (SSSR count). The second-order valence-electron chi connectivity index (χ2n) is 4.44. The van der Waals surface area contributed by atoms with Gasteiger partial charge in [-0.1, -0.05) is 23.7 Å². The van der Waals surface area contributed by atoms with Crippen LogP contribution >= 0.6 is 11.6 Å². The summed E-state index contributed by atoms with van der Waals surface area (Å²) >= 11 is 5.71. The fraction of sp³-hybridized carbons (Fsp3) is 0.0714. The van der Waals surface area contributed by atoms with Gasteiger partial charge in [0, 0.05) is 0 Å². The van der Waals surface area contributed by atoms with Gasteiger partial charge in [0.2, 0.25) is 5.88 Å². The molecule has 8 heteroatoms. The summed E-state index contributed by atoms with van der Waals surface area (Å²) in [6.45, 7) is 0. The number of fused-ring (bicyclic) bond motifs is 1. The molecule has 1 heterocycles. The van der Waals surface area contributed by atoms with Crippen LogP contribution in [0, 0.1) is 5.82 Å². The number of H-pyrrole nitrogens is 1. The minimum absolute atomic E-state index is 0.0242. The van der Waals surface area contributed by atoms with Crippen LogP contribution in [0.25, 0.3) is 10.9 Å². The summed E-state index contributed by atoms with van der Waals surface area (Å²) in [6.07, 6.45) is -4.69. The second kappa shape index (κ2) is 5.17. The first kappa shape index (κ1) is 14.6. The molecule has 0 atom stereocenters. The quantitative estimate of drug-likeness (QED) is 0.658. The van der Waals surface area contributed by atoms with Crippen LogP contribution in [-0.2, 0) is 6.18 Å². The van der Waals surface area contributed by atoms with E-state index < -0.39 is 28.3 Å². The third kappa shape index (κ3) is 2.59. The smallest absolute Gasteiger partial charge is 0.416 e. The van der Waals surface area contributed by atoms with Crippen molar-refractivity contribution in [2.45, 2.75) is 6.18 Å². The zero-order valence-electron chi connectivity index (χ0n) is 10.7. The summed E-state index contributed by atoms with van der Waals surface area (Å²) in [4.78, 5) is 0. The molecule has 0 amide bonds. The summed E-state index contributed by atoms with van der Waals surface area (Å²) in [6, 6.07) is 7.81. The third-order valence-electron chi connectivity index (χ3n) is 2.96. The number of halogens is 5. The van der Waals surface area contributed by atoms with Crippen LogP contribution in [-0.4, -0.2) is 10.2 Å². The fourth-order valence-corrected chi connectivity index (χ4v) is 2.18. The SMILES string of the molecule is Fc1cc(C(F)(F)F)cc(Cl)c1Oc1n[nH]c2ccccc12. The molecule has 0 aliphatic rings. The zero-order valence-corrected chi connectivity index (χ0v) is 11.5. The first-order chi connectivity index (χ1) is 10.4. The number of nitrogens with zero attached hydrogens (tertiary/aromatic N) is 1. The van der Waals surface area contributed by atoms with Crippen molar-refractivity contribution in [2.24, 2.45) is 0 Å². The van der Waals surface area contributed by atoms with E-state index in [0.29, 0.717) is 23.0 Å². The zero-order chi connectivity index (χ0) is 15.9. The molecule has 0 radical (unpaired) electrons. The van der Waals surface area contributed by atoms with E-state index in [1.165, 1.54) is 0 Å². The number of benzene rings is 2. The van der Waals surface area contributed by atoms with Crippen LogP contribution in [0.1, 0.15) is 5.56 Å². The Morgan fingerprint density at radius 1 is 1.14 bits per heavy atom. The van der Waals surface area contributed by atoms with E-state index in [1.54, 1.807) is 24.3 Å². The Bertz CT molecular complexity index is 821. The Balaban J connectivity index is 2.03. The number of hydrogen-bond acceptors (Lipinski definition) is 2. The number of aromatic nitrogens is 2. The lowest BCUT2D eigenvalue weighted by Gasteiger charge is -2.11. The number of nitrogens with one attached hydrogen (secondary N) is 1. The van der Waals surface area contributed by atoms with Gasteiger partial charge in [-0.2, -0.15) is 13.2 Å². The Labute approximate surface area is 126 Å². The molecule has 0 spiro atoms. The molecular weight excluding hydrogens is 324 g/mol. The van der Waals surface area contributed by atoms with Gasteiger partial charge in [-0.05, 0) is 24.3 Å². The van der Waals surface area contributed by atoms with Crippen LogP contribution in [0.3, 0.4) is 0 Å². The lowest BCUT2D eigenvalue weighted by molar-refractivity contribution is -0.137. The summed E-state index contributed by atoms with van der Waals surface area (Å²) in [7, 11) is 0. The minimum atomic E-state index is -4.69. The highest BCUT2D eigenvalue weighted by Crippen LogP contribution is 2.39. The highest BCUT2D eigenvalue weighted by Gasteiger charge is 2.32. The van der Waals surface area contributed by atoms with Crippen molar-refractivity contribution in [1.29, 1.82) is 0 Å². The summed E-state index contributed by atoms with van der Waals surface area (Å²) in [5, 5.41) is 6.58. The average molecular weight is 331 g/mol. The maximum atomic E-state index is 13.9. The number of aromatic amines is 1. The van der Waals surface area contributed by atoms with E-state index in [9.17, 15) is 17.6 Å². The largest absolute Gasteiger partial charge is 0.432 e. The average Bonchev–Trinajstić information content (AvgIpc) is 2.85. The first-order valence-corrected chi connectivity index (χ1v) is 6.41. The first-order valence-electron chi connectivity index (χ1n) is 6.03. The molecule has 22 heavy (non-hydrogen) atoms. The molecule has 0 saturated carbocycles. The van der Waals surface area contributed by atoms with E-state index in [0.717, 1.165) is 0 Å². The van der Waals surface area contributed by atoms with Crippen molar-refractivity contribution in [3.63, 3.8) is 0 Å². The van der Waals surface area contributed by atoms with Crippen LogP contribution in [0.5, 0.6) is 11.6 Å². The van der Waals surface area contributed by atoms with Gasteiger partial charge in [-0.3, -0.25) is 5.10 Å². The highest BCUT2D eigenvalue weighted by atomic mass is 35.5. The van der Waals surface area contributed by atoms with E-state index in [1.807, 2.05) is 0 Å². The highest BCUT2D eigenvalue weighted by molar-refractivity contribution is 6.32. The Kier molecular flexibility index (Phi) is 3.44.